The zero-order valence-corrected chi connectivity index (χ0v) is 16.4. The first-order valence-electron chi connectivity index (χ1n) is 10.2. The van der Waals surface area contributed by atoms with Gasteiger partial charge in [0.1, 0.15) is 0 Å². The third-order valence-corrected chi connectivity index (χ3v) is 5.51. The van der Waals surface area contributed by atoms with Crippen LogP contribution < -0.4 is 4.74 Å². The molecule has 1 aromatic carbocycles. The molecular formula is C22H27N3O3. The summed E-state index contributed by atoms with van der Waals surface area (Å²) >= 11 is 0. The molecular weight excluding hydrogens is 354 g/mol. The molecule has 148 valence electrons. The van der Waals surface area contributed by atoms with E-state index in [-0.39, 0.29) is 11.8 Å². The van der Waals surface area contributed by atoms with Crippen LogP contribution in [0, 0.1) is 5.92 Å². The fourth-order valence-corrected chi connectivity index (χ4v) is 4.00. The summed E-state index contributed by atoms with van der Waals surface area (Å²) in [5.74, 6) is 1.65. The summed E-state index contributed by atoms with van der Waals surface area (Å²) < 4.78 is 11.3. The summed E-state index contributed by atoms with van der Waals surface area (Å²) in [6.07, 6.45) is 3.19. The van der Waals surface area contributed by atoms with Crippen LogP contribution in [0.5, 0.6) is 5.88 Å². The third-order valence-electron chi connectivity index (χ3n) is 5.51. The van der Waals surface area contributed by atoms with Crippen LogP contribution in [0.3, 0.4) is 0 Å². The molecule has 1 fully saturated rings. The highest BCUT2D eigenvalue weighted by Gasteiger charge is 2.29. The summed E-state index contributed by atoms with van der Waals surface area (Å²) in [6, 6.07) is 9.99. The van der Waals surface area contributed by atoms with Crippen molar-refractivity contribution in [1.82, 2.24) is 14.9 Å². The number of aryl methyl sites for hydroxylation is 1. The molecule has 2 aliphatic rings. The van der Waals surface area contributed by atoms with Gasteiger partial charge in [-0.3, -0.25) is 4.79 Å². The molecule has 1 atom stereocenters. The number of aromatic nitrogens is 2. The average Bonchev–Trinajstić information content (AvgIpc) is 2.97. The number of benzene rings is 1. The number of carbonyl (C=O) groups is 1. The van der Waals surface area contributed by atoms with Crippen LogP contribution in [0.15, 0.2) is 30.3 Å². The third kappa shape index (κ3) is 4.02. The van der Waals surface area contributed by atoms with Gasteiger partial charge in [-0.05, 0) is 32.6 Å². The molecule has 6 nitrogen and oxygen atoms in total. The van der Waals surface area contributed by atoms with Gasteiger partial charge in [0.2, 0.25) is 11.8 Å². The molecule has 28 heavy (non-hydrogen) atoms. The highest BCUT2D eigenvalue weighted by molar-refractivity contribution is 5.79. The first-order valence-corrected chi connectivity index (χ1v) is 10.2. The second kappa shape index (κ2) is 8.69. The lowest BCUT2D eigenvalue weighted by molar-refractivity contribution is -0.140. The second-order valence-electron chi connectivity index (χ2n) is 7.29. The lowest BCUT2D eigenvalue weighted by atomic mass is 9.98. The Morgan fingerprint density at radius 1 is 1.14 bits per heavy atom. The van der Waals surface area contributed by atoms with Crippen molar-refractivity contribution in [2.24, 2.45) is 5.92 Å². The van der Waals surface area contributed by atoms with Gasteiger partial charge >= 0.3 is 0 Å². The minimum Gasteiger partial charge on any atom is -0.478 e. The maximum Gasteiger partial charge on any atom is 0.225 e. The fourth-order valence-electron chi connectivity index (χ4n) is 4.00. The summed E-state index contributed by atoms with van der Waals surface area (Å²) in [6.45, 7) is 5.21. The van der Waals surface area contributed by atoms with Gasteiger partial charge in [-0.2, -0.15) is 4.98 Å². The van der Waals surface area contributed by atoms with Gasteiger partial charge < -0.3 is 14.4 Å². The minimum atomic E-state index is 0.0296. The van der Waals surface area contributed by atoms with E-state index in [2.05, 4.69) is 0 Å². The van der Waals surface area contributed by atoms with E-state index < -0.39 is 0 Å². The van der Waals surface area contributed by atoms with E-state index in [0.29, 0.717) is 44.6 Å². The molecule has 1 unspecified atom stereocenters. The van der Waals surface area contributed by atoms with Crippen molar-refractivity contribution < 1.29 is 14.3 Å². The molecule has 1 amide bonds. The largest absolute Gasteiger partial charge is 0.478 e. The van der Waals surface area contributed by atoms with Gasteiger partial charge in [0, 0.05) is 30.1 Å². The molecule has 2 aromatic rings. The first kappa shape index (κ1) is 18.9. The molecule has 2 heterocycles. The van der Waals surface area contributed by atoms with Gasteiger partial charge in [-0.15, -0.1) is 0 Å². The van der Waals surface area contributed by atoms with Crippen LogP contribution in [-0.4, -0.2) is 53.7 Å². The summed E-state index contributed by atoms with van der Waals surface area (Å²) in [7, 11) is 0. The Morgan fingerprint density at radius 3 is 2.64 bits per heavy atom. The van der Waals surface area contributed by atoms with Gasteiger partial charge in [-0.25, -0.2) is 4.98 Å². The van der Waals surface area contributed by atoms with Crippen LogP contribution in [0.1, 0.15) is 31.0 Å². The SMILES string of the molecule is CCOc1nc(-c2ccccc2)nc2c1CCC(C(=O)N1CCOCC1)CC2. The van der Waals surface area contributed by atoms with Crippen molar-refractivity contribution in [3.8, 4) is 17.3 Å². The Hall–Kier alpha value is -2.47. The van der Waals surface area contributed by atoms with Crippen molar-refractivity contribution in [2.75, 3.05) is 32.9 Å². The lowest BCUT2D eigenvalue weighted by Gasteiger charge is -2.30. The number of amides is 1. The van der Waals surface area contributed by atoms with Crippen LogP contribution >= 0.6 is 0 Å². The minimum absolute atomic E-state index is 0.0296. The fraction of sp³-hybridized carbons (Fsp3) is 0.500. The zero-order valence-electron chi connectivity index (χ0n) is 16.4. The Bertz CT molecular complexity index is 819. The molecule has 0 spiro atoms. The molecule has 1 aliphatic carbocycles. The van der Waals surface area contributed by atoms with E-state index in [4.69, 9.17) is 19.4 Å². The number of rotatable bonds is 4. The highest BCUT2D eigenvalue weighted by atomic mass is 16.5. The number of morpholine rings is 1. The van der Waals surface area contributed by atoms with Crippen molar-refractivity contribution >= 4 is 5.91 Å². The van der Waals surface area contributed by atoms with Gasteiger partial charge in [-0.1, -0.05) is 30.3 Å². The Kier molecular flexibility index (Phi) is 5.86. The van der Waals surface area contributed by atoms with E-state index in [0.717, 1.165) is 42.5 Å². The predicted octanol–water partition coefficient (Wildman–Crippen LogP) is 2.90. The van der Waals surface area contributed by atoms with E-state index >= 15 is 0 Å². The molecule has 6 heteroatoms. The van der Waals surface area contributed by atoms with Crippen LogP contribution in [0.2, 0.25) is 0 Å². The monoisotopic (exact) mass is 381 g/mol. The second-order valence-corrected chi connectivity index (χ2v) is 7.29. The van der Waals surface area contributed by atoms with Crippen molar-refractivity contribution in [3.63, 3.8) is 0 Å². The Balaban J connectivity index is 1.58. The highest BCUT2D eigenvalue weighted by Crippen LogP contribution is 2.32. The van der Waals surface area contributed by atoms with Gasteiger partial charge in [0.05, 0.1) is 25.5 Å². The van der Waals surface area contributed by atoms with E-state index in [1.165, 1.54) is 0 Å². The van der Waals surface area contributed by atoms with E-state index in [1.807, 2.05) is 42.2 Å². The van der Waals surface area contributed by atoms with Crippen LogP contribution in [0.25, 0.3) is 11.4 Å². The van der Waals surface area contributed by atoms with Crippen molar-refractivity contribution in [1.29, 1.82) is 0 Å². The van der Waals surface area contributed by atoms with E-state index in [9.17, 15) is 4.79 Å². The summed E-state index contributed by atoms with van der Waals surface area (Å²) in [4.78, 5) is 24.5. The van der Waals surface area contributed by atoms with E-state index in [1.54, 1.807) is 0 Å². The Labute approximate surface area is 165 Å². The number of fused-ring (bicyclic) bond motifs is 1. The molecule has 0 radical (unpaired) electrons. The molecule has 4 rings (SSSR count). The summed E-state index contributed by atoms with van der Waals surface area (Å²) in [5, 5.41) is 0. The lowest BCUT2D eigenvalue weighted by Crippen LogP contribution is -2.43. The van der Waals surface area contributed by atoms with Crippen molar-refractivity contribution in [3.05, 3.63) is 41.6 Å². The molecule has 1 saturated heterocycles. The average molecular weight is 381 g/mol. The van der Waals surface area contributed by atoms with Crippen LogP contribution in [0.4, 0.5) is 0 Å². The quantitative estimate of drug-likeness (QED) is 0.762. The maximum absolute atomic E-state index is 13.0. The number of hydrogen-bond donors (Lipinski definition) is 0. The predicted molar refractivity (Wildman–Crippen MR) is 106 cm³/mol. The number of hydrogen-bond acceptors (Lipinski definition) is 5. The topological polar surface area (TPSA) is 64.6 Å². The molecule has 1 aromatic heterocycles. The molecule has 0 N–H and O–H groups in total. The zero-order chi connectivity index (χ0) is 19.3. The summed E-state index contributed by atoms with van der Waals surface area (Å²) in [5.41, 5.74) is 3.07. The first-order chi connectivity index (χ1) is 13.8. The molecule has 1 aliphatic heterocycles. The number of ether oxygens (including phenoxy) is 2. The van der Waals surface area contributed by atoms with Crippen LogP contribution in [-0.2, 0) is 22.4 Å². The maximum atomic E-state index is 13.0. The smallest absolute Gasteiger partial charge is 0.225 e. The van der Waals surface area contributed by atoms with Gasteiger partial charge in [0.25, 0.3) is 0 Å². The Morgan fingerprint density at radius 2 is 1.89 bits per heavy atom. The normalized spacial score (nSPS) is 19.6. The molecule has 0 saturated carbocycles. The molecule has 0 bridgehead atoms. The number of carbonyl (C=O) groups excluding carboxylic acids is 1. The van der Waals surface area contributed by atoms with Crippen molar-refractivity contribution in [2.45, 2.75) is 32.6 Å². The number of nitrogens with zero attached hydrogens (tertiary/aromatic N) is 3. The standard InChI is InChI=1S/C22H27N3O3/c1-2-28-21-18-10-8-17(22(26)25-12-14-27-15-13-25)9-11-19(18)23-20(24-21)16-6-4-3-5-7-16/h3-7,17H,2,8-15H2,1H3. The van der Waals surface area contributed by atoms with Gasteiger partial charge in [0.15, 0.2) is 5.82 Å².